The highest BCUT2D eigenvalue weighted by Gasteiger charge is 2.13. The van der Waals surface area contributed by atoms with E-state index in [1.165, 1.54) is 0 Å². The van der Waals surface area contributed by atoms with Crippen LogP contribution in [0.4, 0.5) is 0 Å². The van der Waals surface area contributed by atoms with Crippen LogP contribution in [0.5, 0.6) is 0 Å². The van der Waals surface area contributed by atoms with E-state index < -0.39 is 0 Å². The molecule has 0 aliphatic heterocycles. The summed E-state index contributed by atoms with van der Waals surface area (Å²) in [6.07, 6.45) is 6.19. The number of aryl methyl sites for hydroxylation is 1. The van der Waals surface area contributed by atoms with E-state index in [0.29, 0.717) is 0 Å². The van der Waals surface area contributed by atoms with Crippen LogP contribution in [0.2, 0.25) is 5.02 Å². The summed E-state index contributed by atoms with van der Waals surface area (Å²) in [5.74, 6) is 0. The van der Waals surface area contributed by atoms with Gasteiger partial charge in [0, 0.05) is 22.8 Å². The molecule has 0 saturated carbocycles. The number of hydrogen-bond donors (Lipinski definition) is 0. The zero-order valence-electron chi connectivity index (χ0n) is 12.7. The molecule has 108 valence electrons. The summed E-state index contributed by atoms with van der Waals surface area (Å²) in [5, 5.41) is 0.777. The van der Waals surface area contributed by atoms with Crippen LogP contribution >= 0.6 is 11.6 Å². The van der Waals surface area contributed by atoms with Gasteiger partial charge >= 0.3 is 0 Å². The molecule has 0 saturated heterocycles. The second-order valence-electron chi connectivity index (χ2n) is 4.91. The third-order valence-corrected chi connectivity index (χ3v) is 3.86. The molecular weight excluding hydrogens is 280 g/mol. The van der Waals surface area contributed by atoms with Crippen molar-refractivity contribution in [1.29, 1.82) is 0 Å². The van der Waals surface area contributed by atoms with Crippen molar-refractivity contribution < 1.29 is 0 Å². The highest BCUT2D eigenvalue weighted by atomic mass is 35.5. The van der Waals surface area contributed by atoms with Gasteiger partial charge in [0.2, 0.25) is 0 Å². The molecule has 0 N–H and O–H groups in total. The van der Waals surface area contributed by atoms with Gasteiger partial charge in [-0.3, -0.25) is 9.98 Å². The van der Waals surface area contributed by atoms with Crippen molar-refractivity contribution in [2.24, 2.45) is 9.98 Å². The summed E-state index contributed by atoms with van der Waals surface area (Å²) in [7, 11) is 0. The lowest BCUT2D eigenvalue weighted by Gasteiger charge is -2.14. The Bertz CT molecular complexity index is 691. The van der Waals surface area contributed by atoms with Crippen LogP contribution in [-0.2, 0) is 0 Å². The van der Waals surface area contributed by atoms with Gasteiger partial charge in [-0.05, 0) is 62.4 Å². The molecule has 0 fully saturated rings. The molecule has 0 atom stereocenters. The van der Waals surface area contributed by atoms with Gasteiger partial charge in [-0.1, -0.05) is 29.8 Å². The minimum absolute atomic E-state index is 0.743. The monoisotopic (exact) mass is 298 g/mol. The van der Waals surface area contributed by atoms with Crippen LogP contribution in [0.25, 0.3) is 5.57 Å². The maximum Gasteiger partial charge on any atom is 0.0665 e. The molecule has 0 unspecified atom stereocenters. The van der Waals surface area contributed by atoms with Gasteiger partial charge in [0.15, 0.2) is 0 Å². The molecule has 2 nitrogen and oxygen atoms in total. The third-order valence-electron chi connectivity index (χ3n) is 3.46. The van der Waals surface area contributed by atoms with Gasteiger partial charge in [0.05, 0.1) is 5.71 Å². The SMILES string of the molecule is C=N/C(C)=C1/C=C(c2ccc(C)c(Cl)c2)C=CC1=NCC. The van der Waals surface area contributed by atoms with Gasteiger partial charge in [-0.25, -0.2) is 0 Å². The maximum atomic E-state index is 6.22. The second kappa shape index (κ2) is 6.68. The van der Waals surface area contributed by atoms with E-state index in [-0.39, 0.29) is 0 Å². The fourth-order valence-electron chi connectivity index (χ4n) is 2.17. The number of rotatable bonds is 3. The fourth-order valence-corrected chi connectivity index (χ4v) is 2.35. The van der Waals surface area contributed by atoms with Crippen LogP contribution in [0.1, 0.15) is 25.0 Å². The quantitative estimate of drug-likeness (QED) is 0.699. The topological polar surface area (TPSA) is 24.7 Å². The van der Waals surface area contributed by atoms with E-state index in [1.807, 2.05) is 39.0 Å². The highest BCUT2D eigenvalue weighted by molar-refractivity contribution is 6.31. The Labute approximate surface area is 131 Å². The Morgan fingerprint density at radius 2 is 2.05 bits per heavy atom. The van der Waals surface area contributed by atoms with Crippen LogP contribution in [0.3, 0.4) is 0 Å². The van der Waals surface area contributed by atoms with E-state index in [9.17, 15) is 0 Å². The van der Waals surface area contributed by atoms with Crippen LogP contribution in [0.15, 0.2) is 57.7 Å². The lowest BCUT2D eigenvalue weighted by molar-refractivity contribution is 1.13. The molecule has 0 radical (unpaired) electrons. The summed E-state index contributed by atoms with van der Waals surface area (Å²) in [6, 6.07) is 6.10. The Hall–Kier alpha value is -1.93. The predicted octanol–water partition coefficient (Wildman–Crippen LogP) is 5.04. The first kappa shape index (κ1) is 15.5. The molecule has 0 aromatic heterocycles. The zero-order chi connectivity index (χ0) is 15.4. The number of halogens is 1. The predicted molar refractivity (Wildman–Crippen MR) is 93.5 cm³/mol. The number of benzene rings is 1. The summed E-state index contributed by atoms with van der Waals surface area (Å²) in [4.78, 5) is 8.56. The number of allylic oxidation sites excluding steroid dienone is 6. The Morgan fingerprint density at radius 3 is 2.67 bits per heavy atom. The van der Waals surface area contributed by atoms with Gasteiger partial charge < -0.3 is 0 Å². The first-order valence-electron chi connectivity index (χ1n) is 6.95. The first-order valence-corrected chi connectivity index (χ1v) is 7.33. The summed E-state index contributed by atoms with van der Waals surface area (Å²) < 4.78 is 0. The van der Waals surface area contributed by atoms with Gasteiger partial charge in [-0.15, -0.1) is 0 Å². The van der Waals surface area contributed by atoms with Crippen molar-refractivity contribution in [3.63, 3.8) is 0 Å². The molecule has 0 bridgehead atoms. The standard InChI is InChI=1S/C18H19ClN2/c1-5-21-18-9-8-14(10-16(18)13(3)20-4)15-7-6-12(2)17(19)11-15/h6-11H,4-5H2,1-3H3/b16-13-,21-18?. The molecule has 1 aliphatic rings. The van der Waals surface area contributed by atoms with Crippen molar-refractivity contribution in [2.45, 2.75) is 20.8 Å². The molecule has 0 heterocycles. The third kappa shape index (κ3) is 3.40. The minimum Gasteiger partial charge on any atom is -0.285 e. The number of hydrogen-bond acceptors (Lipinski definition) is 2. The molecule has 1 aliphatic carbocycles. The van der Waals surface area contributed by atoms with E-state index in [1.54, 1.807) is 0 Å². The summed E-state index contributed by atoms with van der Waals surface area (Å²) in [5.41, 5.74) is 6.11. The van der Waals surface area contributed by atoms with Gasteiger partial charge in [-0.2, -0.15) is 0 Å². The van der Waals surface area contributed by atoms with Crippen molar-refractivity contribution >= 4 is 29.6 Å². The van der Waals surface area contributed by atoms with Gasteiger partial charge in [0.1, 0.15) is 0 Å². The zero-order valence-corrected chi connectivity index (χ0v) is 13.4. The number of aliphatic imine (C=N–C) groups is 2. The van der Waals surface area contributed by atoms with E-state index in [4.69, 9.17) is 11.6 Å². The Kier molecular flexibility index (Phi) is 4.92. The summed E-state index contributed by atoms with van der Waals surface area (Å²) >= 11 is 6.22. The molecule has 2 rings (SSSR count). The molecule has 0 amide bonds. The fraction of sp³-hybridized carbons (Fsp3) is 0.222. The van der Waals surface area contributed by atoms with E-state index in [2.05, 4.69) is 34.9 Å². The maximum absolute atomic E-state index is 6.22. The van der Waals surface area contributed by atoms with Crippen LogP contribution in [0, 0.1) is 6.92 Å². The van der Waals surface area contributed by atoms with Crippen molar-refractivity contribution in [1.82, 2.24) is 0 Å². The number of nitrogens with zero attached hydrogens (tertiary/aromatic N) is 2. The molecule has 0 spiro atoms. The highest BCUT2D eigenvalue weighted by Crippen LogP contribution is 2.28. The average Bonchev–Trinajstić information content (AvgIpc) is 2.50. The summed E-state index contributed by atoms with van der Waals surface area (Å²) in [6.45, 7) is 10.3. The average molecular weight is 299 g/mol. The molecule has 1 aromatic carbocycles. The Morgan fingerprint density at radius 1 is 1.29 bits per heavy atom. The second-order valence-corrected chi connectivity index (χ2v) is 5.32. The molecule has 21 heavy (non-hydrogen) atoms. The van der Waals surface area contributed by atoms with E-state index in [0.717, 1.165) is 45.2 Å². The van der Waals surface area contributed by atoms with E-state index >= 15 is 0 Å². The smallest absolute Gasteiger partial charge is 0.0665 e. The van der Waals surface area contributed by atoms with Crippen molar-refractivity contribution in [3.8, 4) is 0 Å². The molecule has 3 heteroatoms. The van der Waals surface area contributed by atoms with Gasteiger partial charge in [0.25, 0.3) is 0 Å². The minimum atomic E-state index is 0.743. The van der Waals surface area contributed by atoms with Crippen molar-refractivity contribution in [3.05, 3.63) is 63.8 Å². The normalized spacial score (nSPS) is 18.7. The first-order chi connectivity index (χ1) is 10.1. The lowest BCUT2D eigenvalue weighted by Crippen LogP contribution is -2.05. The Balaban J connectivity index is 2.51. The lowest BCUT2D eigenvalue weighted by atomic mass is 9.93. The molecular formula is C18H19ClN2. The molecule has 1 aromatic rings. The van der Waals surface area contributed by atoms with Crippen LogP contribution in [-0.4, -0.2) is 19.0 Å². The largest absolute Gasteiger partial charge is 0.285 e. The van der Waals surface area contributed by atoms with Crippen LogP contribution < -0.4 is 0 Å². The van der Waals surface area contributed by atoms with Crippen molar-refractivity contribution in [2.75, 3.05) is 6.54 Å².